The van der Waals surface area contributed by atoms with Gasteiger partial charge in [0.2, 0.25) is 0 Å². The summed E-state index contributed by atoms with van der Waals surface area (Å²) in [4.78, 5) is 0.0777. The number of hydrogen-bond donors (Lipinski definition) is 1. The van der Waals surface area contributed by atoms with E-state index < -0.39 is 35.3 Å². The standard InChI is InChI=1S/C19H24O5S2/c1-18(2,25(21,22)15-11-7-5-8-12-15)17(20)19(3,4)26(23,24)16-13-9-6-10-14-16/h5-14,17,20H,1-4H3. The van der Waals surface area contributed by atoms with Gasteiger partial charge in [0.15, 0.2) is 19.7 Å². The highest BCUT2D eigenvalue weighted by Gasteiger charge is 2.54. The van der Waals surface area contributed by atoms with Gasteiger partial charge in [-0.25, -0.2) is 16.8 Å². The highest BCUT2D eigenvalue weighted by atomic mass is 32.2. The maximum absolute atomic E-state index is 13.1. The van der Waals surface area contributed by atoms with Crippen LogP contribution in [0.2, 0.25) is 0 Å². The molecule has 0 aliphatic carbocycles. The van der Waals surface area contributed by atoms with E-state index >= 15 is 0 Å². The lowest BCUT2D eigenvalue weighted by molar-refractivity contribution is 0.103. The summed E-state index contributed by atoms with van der Waals surface area (Å²) in [5.41, 5.74) is 0. The molecule has 0 saturated carbocycles. The second-order valence-corrected chi connectivity index (χ2v) is 12.3. The Bertz CT molecular complexity index is 880. The fourth-order valence-electron chi connectivity index (χ4n) is 2.94. The summed E-state index contributed by atoms with van der Waals surface area (Å²) < 4.78 is 48.8. The van der Waals surface area contributed by atoms with Crippen LogP contribution in [0.5, 0.6) is 0 Å². The topological polar surface area (TPSA) is 88.5 Å². The molecule has 0 fully saturated rings. The molecule has 0 unspecified atom stereocenters. The predicted octanol–water partition coefficient (Wildman–Crippen LogP) is 2.85. The van der Waals surface area contributed by atoms with Crippen LogP contribution in [0.4, 0.5) is 0 Å². The molecule has 0 amide bonds. The molecule has 26 heavy (non-hydrogen) atoms. The monoisotopic (exact) mass is 396 g/mol. The van der Waals surface area contributed by atoms with Gasteiger partial charge in [0, 0.05) is 0 Å². The molecule has 0 spiro atoms. The average molecular weight is 397 g/mol. The van der Waals surface area contributed by atoms with E-state index in [4.69, 9.17) is 0 Å². The molecule has 0 saturated heterocycles. The van der Waals surface area contributed by atoms with Crippen LogP contribution >= 0.6 is 0 Å². The van der Waals surface area contributed by atoms with Crippen molar-refractivity contribution >= 4 is 19.7 Å². The van der Waals surface area contributed by atoms with Gasteiger partial charge in [0.05, 0.1) is 25.4 Å². The number of sulfone groups is 2. The van der Waals surface area contributed by atoms with Crippen LogP contribution in [0.25, 0.3) is 0 Å². The van der Waals surface area contributed by atoms with Crippen molar-refractivity contribution in [2.24, 2.45) is 0 Å². The Balaban J connectivity index is 2.53. The summed E-state index contributed by atoms with van der Waals surface area (Å²) in [5.74, 6) is 0. The van der Waals surface area contributed by atoms with Crippen molar-refractivity contribution in [1.29, 1.82) is 0 Å². The van der Waals surface area contributed by atoms with E-state index in [-0.39, 0.29) is 9.79 Å². The molecule has 0 atom stereocenters. The first-order valence-corrected chi connectivity index (χ1v) is 11.1. The van der Waals surface area contributed by atoms with E-state index in [0.29, 0.717) is 0 Å². The summed E-state index contributed by atoms with van der Waals surface area (Å²) in [6.07, 6.45) is -1.66. The van der Waals surface area contributed by atoms with Gasteiger partial charge in [-0.05, 0) is 52.0 Å². The normalized spacial score (nSPS) is 13.8. The van der Waals surface area contributed by atoms with Crippen LogP contribution in [-0.4, -0.2) is 37.5 Å². The first-order chi connectivity index (χ1) is 11.9. The van der Waals surface area contributed by atoms with Crippen molar-refractivity contribution in [3.63, 3.8) is 0 Å². The van der Waals surface area contributed by atoms with E-state index in [1.54, 1.807) is 36.4 Å². The molecule has 7 heteroatoms. The minimum absolute atomic E-state index is 0.0389. The molecule has 5 nitrogen and oxygen atoms in total. The summed E-state index contributed by atoms with van der Waals surface area (Å²) in [6.45, 7) is 5.40. The van der Waals surface area contributed by atoms with E-state index in [1.807, 2.05) is 0 Å². The SMILES string of the molecule is CC(C)(C(O)C(C)(C)S(=O)(=O)c1ccccc1)S(=O)(=O)c1ccccc1. The van der Waals surface area contributed by atoms with Gasteiger partial charge in [-0.3, -0.25) is 0 Å². The molecular weight excluding hydrogens is 372 g/mol. The second kappa shape index (κ2) is 6.79. The molecule has 0 aromatic heterocycles. The molecule has 2 aromatic rings. The van der Waals surface area contributed by atoms with Gasteiger partial charge in [-0.2, -0.15) is 0 Å². The van der Waals surface area contributed by atoms with E-state index in [2.05, 4.69) is 0 Å². The van der Waals surface area contributed by atoms with E-state index in [1.165, 1.54) is 52.0 Å². The number of hydrogen-bond acceptors (Lipinski definition) is 5. The summed E-state index contributed by atoms with van der Waals surface area (Å²) in [6, 6.07) is 15.4. The van der Waals surface area contributed by atoms with Gasteiger partial charge in [0.1, 0.15) is 0 Å². The van der Waals surface area contributed by atoms with Crippen LogP contribution in [0.15, 0.2) is 70.5 Å². The first kappa shape index (κ1) is 20.6. The fourth-order valence-corrected chi connectivity index (χ4v) is 6.44. The van der Waals surface area contributed by atoms with E-state index in [0.717, 1.165) is 0 Å². The number of aliphatic hydroxyl groups is 1. The van der Waals surface area contributed by atoms with Gasteiger partial charge >= 0.3 is 0 Å². The quantitative estimate of drug-likeness (QED) is 0.811. The number of rotatable bonds is 6. The number of benzene rings is 2. The van der Waals surface area contributed by atoms with Crippen molar-refractivity contribution in [3.05, 3.63) is 60.7 Å². The third kappa shape index (κ3) is 3.19. The molecule has 2 rings (SSSR count). The lowest BCUT2D eigenvalue weighted by atomic mass is 9.95. The molecule has 0 aliphatic rings. The molecule has 0 heterocycles. The smallest absolute Gasteiger partial charge is 0.186 e. The Kier molecular flexibility index (Phi) is 5.38. The molecule has 142 valence electrons. The predicted molar refractivity (Wildman–Crippen MR) is 101 cm³/mol. The molecule has 0 aliphatic heterocycles. The van der Waals surface area contributed by atoms with Crippen LogP contribution in [0.1, 0.15) is 27.7 Å². The molecule has 0 bridgehead atoms. The zero-order chi connectivity index (χ0) is 19.8. The Hall–Kier alpha value is -1.70. The molecule has 1 N–H and O–H groups in total. The summed E-state index contributed by atoms with van der Waals surface area (Å²) in [5, 5.41) is 10.9. The lowest BCUT2D eigenvalue weighted by Crippen LogP contribution is -2.57. The third-order valence-electron chi connectivity index (χ3n) is 4.81. The van der Waals surface area contributed by atoms with Crippen LogP contribution < -0.4 is 0 Å². The zero-order valence-corrected chi connectivity index (χ0v) is 16.9. The van der Waals surface area contributed by atoms with Crippen LogP contribution in [-0.2, 0) is 19.7 Å². The Morgan fingerprint density at radius 1 is 0.654 bits per heavy atom. The maximum atomic E-state index is 13.1. The first-order valence-electron chi connectivity index (χ1n) is 8.14. The van der Waals surface area contributed by atoms with Crippen molar-refractivity contribution in [3.8, 4) is 0 Å². The van der Waals surface area contributed by atoms with Crippen molar-refractivity contribution in [2.45, 2.75) is 53.1 Å². The van der Waals surface area contributed by atoms with Gasteiger partial charge in [-0.15, -0.1) is 0 Å². The van der Waals surface area contributed by atoms with Gasteiger partial charge in [-0.1, -0.05) is 36.4 Å². The minimum Gasteiger partial charge on any atom is -0.390 e. The van der Waals surface area contributed by atoms with Crippen LogP contribution in [0, 0.1) is 0 Å². The van der Waals surface area contributed by atoms with Crippen molar-refractivity contribution < 1.29 is 21.9 Å². The third-order valence-corrected chi connectivity index (χ3v) is 9.81. The minimum atomic E-state index is -3.98. The molecule has 0 radical (unpaired) electrons. The average Bonchev–Trinajstić information content (AvgIpc) is 2.62. The Morgan fingerprint density at radius 3 is 1.19 bits per heavy atom. The van der Waals surface area contributed by atoms with Gasteiger partial charge < -0.3 is 5.11 Å². The zero-order valence-electron chi connectivity index (χ0n) is 15.2. The van der Waals surface area contributed by atoms with E-state index in [9.17, 15) is 21.9 Å². The maximum Gasteiger partial charge on any atom is 0.186 e. The van der Waals surface area contributed by atoms with Crippen molar-refractivity contribution in [2.75, 3.05) is 0 Å². The highest BCUT2D eigenvalue weighted by Crippen LogP contribution is 2.38. The fraction of sp³-hybridized carbons (Fsp3) is 0.368. The van der Waals surface area contributed by atoms with Crippen LogP contribution in [0.3, 0.4) is 0 Å². The largest absolute Gasteiger partial charge is 0.390 e. The van der Waals surface area contributed by atoms with Crippen molar-refractivity contribution in [1.82, 2.24) is 0 Å². The highest BCUT2D eigenvalue weighted by molar-refractivity contribution is 7.94. The molecule has 2 aromatic carbocycles. The summed E-state index contributed by atoms with van der Waals surface area (Å²) >= 11 is 0. The Labute approximate surface area is 155 Å². The molecular formula is C19H24O5S2. The summed E-state index contributed by atoms with van der Waals surface area (Å²) in [7, 11) is -7.96. The second-order valence-electron chi connectivity index (χ2n) is 7.24. The number of aliphatic hydroxyl groups excluding tert-OH is 1. The van der Waals surface area contributed by atoms with Gasteiger partial charge in [0.25, 0.3) is 0 Å². The lowest BCUT2D eigenvalue weighted by Gasteiger charge is -2.39. The Morgan fingerprint density at radius 2 is 0.923 bits per heavy atom.